The quantitative estimate of drug-likeness (QED) is 0.760. The predicted molar refractivity (Wildman–Crippen MR) is 50.8 cm³/mol. The Bertz CT molecular complexity index is 268. The van der Waals surface area contributed by atoms with Gasteiger partial charge in [-0.15, -0.1) is 0 Å². The summed E-state index contributed by atoms with van der Waals surface area (Å²) in [6.07, 6.45) is 0. The van der Waals surface area contributed by atoms with Gasteiger partial charge in [0, 0.05) is 7.05 Å². The first-order valence-electron chi connectivity index (χ1n) is 3.48. The average Bonchev–Trinajstić information content (AvgIpc) is 2.04. The minimum atomic E-state index is 0.227. The van der Waals surface area contributed by atoms with E-state index >= 15 is 0 Å². The lowest BCUT2D eigenvalue weighted by atomic mass is 10.9. The van der Waals surface area contributed by atoms with Gasteiger partial charge < -0.3 is 5.32 Å². The van der Waals surface area contributed by atoms with Crippen LogP contribution in [0.25, 0.3) is 0 Å². The van der Waals surface area contributed by atoms with Crippen LogP contribution in [0.5, 0.6) is 0 Å². The van der Waals surface area contributed by atoms with Crippen LogP contribution in [0, 0.1) is 0 Å². The Morgan fingerprint density at radius 2 is 2.17 bits per heavy atom. The molecule has 1 aromatic heterocycles. The van der Waals surface area contributed by atoms with Crippen molar-refractivity contribution in [2.24, 2.45) is 0 Å². The Kier molecular flexibility index (Phi) is 3.55. The standard InChI is InChI=1S/C6H9ClN4S/c1-3-12-6-10-4(7)9-5(8-2)11-6/h3H2,1-2H3,(H,8,9,10,11). The molecule has 0 aromatic carbocycles. The van der Waals surface area contributed by atoms with Crippen molar-refractivity contribution in [2.75, 3.05) is 18.1 Å². The highest BCUT2D eigenvalue weighted by Gasteiger charge is 2.02. The summed E-state index contributed by atoms with van der Waals surface area (Å²) in [5, 5.41) is 3.69. The van der Waals surface area contributed by atoms with Crippen LogP contribution in [0.4, 0.5) is 5.95 Å². The van der Waals surface area contributed by atoms with Gasteiger partial charge in [-0.05, 0) is 17.4 Å². The molecule has 12 heavy (non-hydrogen) atoms. The Balaban J connectivity index is 2.90. The summed E-state index contributed by atoms with van der Waals surface area (Å²) in [7, 11) is 1.74. The Labute approximate surface area is 80.2 Å². The lowest BCUT2D eigenvalue weighted by Gasteiger charge is -2.00. The third kappa shape index (κ3) is 2.49. The summed E-state index contributed by atoms with van der Waals surface area (Å²) in [4.78, 5) is 11.9. The fraction of sp³-hybridized carbons (Fsp3) is 0.500. The van der Waals surface area contributed by atoms with Crippen LogP contribution in [0.2, 0.25) is 5.28 Å². The van der Waals surface area contributed by atoms with Crippen molar-refractivity contribution in [2.45, 2.75) is 12.1 Å². The normalized spacial score (nSPS) is 9.92. The van der Waals surface area contributed by atoms with Crippen molar-refractivity contribution >= 4 is 29.3 Å². The molecule has 1 aromatic rings. The van der Waals surface area contributed by atoms with E-state index in [-0.39, 0.29) is 5.28 Å². The lowest BCUT2D eigenvalue weighted by molar-refractivity contribution is 0.909. The van der Waals surface area contributed by atoms with Crippen LogP contribution >= 0.6 is 23.4 Å². The Hall–Kier alpha value is -0.550. The number of halogens is 1. The Morgan fingerprint density at radius 1 is 1.42 bits per heavy atom. The second-order valence-corrected chi connectivity index (χ2v) is 3.46. The molecule has 0 atom stereocenters. The van der Waals surface area contributed by atoms with Gasteiger partial charge in [-0.1, -0.05) is 18.7 Å². The highest BCUT2D eigenvalue weighted by molar-refractivity contribution is 7.99. The van der Waals surface area contributed by atoms with Crippen molar-refractivity contribution in [3.63, 3.8) is 0 Å². The number of hydrogen-bond acceptors (Lipinski definition) is 5. The van der Waals surface area contributed by atoms with Gasteiger partial charge in [0.15, 0.2) is 5.16 Å². The topological polar surface area (TPSA) is 50.7 Å². The average molecular weight is 205 g/mol. The highest BCUT2D eigenvalue weighted by Crippen LogP contribution is 2.15. The van der Waals surface area contributed by atoms with Gasteiger partial charge in [-0.2, -0.15) is 15.0 Å². The van der Waals surface area contributed by atoms with Crippen molar-refractivity contribution in [1.29, 1.82) is 0 Å². The zero-order chi connectivity index (χ0) is 8.97. The summed E-state index contributed by atoms with van der Waals surface area (Å²) in [6, 6.07) is 0. The molecule has 0 aliphatic heterocycles. The number of nitrogens with zero attached hydrogens (tertiary/aromatic N) is 3. The van der Waals surface area contributed by atoms with Gasteiger partial charge in [0.1, 0.15) is 0 Å². The molecule has 0 saturated carbocycles. The molecule has 0 saturated heterocycles. The van der Waals surface area contributed by atoms with Crippen molar-refractivity contribution in [1.82, 2.24) is 15.0 Å². The molecule has 0 spiro atoms. The van der Waals surface area contributed by atoms with Crippen LogP contribution in [0.1, 0.15) is 6.92 Å². The molecular formula is C6H9ClN4S. The van der Waals surface area contributed by atoms with Crippen molar-refractivity contribution < 1.29 is 0 Å². The molecule has 1 N–H and O–H groups in total. The molecular weight excluding hydrogens is 196 g/mol. The highest BCUT2D eigenvalue weighted by atomic mass is 35.5. The van der Waals surface area contributed by atoms with Crippen molar-refractivity contribution in [3.05, 3.63) is 5.28 Å². The minimum absolute atomic E-state index is 0.227. The van der Waals surface area contributed by atoms with Crippen LogP contribution in [0.3, 0.4) is 0 Å². The van der Waals surface area contributed by atoms with E-state index in [1.54, 1.807) is 7.05 Å². The van der Waals surface area contributed by atoms with E-state index in [1.807, 2.05) is 6.92 Å². The third-order valence-electron chi connectivity index (χ3n) is 1.08. The van der Waals surface area contributed by atoms with E-state index in [9.17, 15) is 0 Å². The summed E-state index contributed by atoms with van der Waals surface area (Å²) < 4.78 is 0. The van der Waals surface area contributed by atoms with Gasteiger partial charge in [-0.3, -0.25) is 0 Å². The molecule has 0 amide bonds. The van der Waals surface area contributed by atoms with Crippen LogP contribution in [0.15, 0.2) is 5.16 Å². The first kappa shape index (κ1) is 9.54. The summed E-state index contributed by atoms with van der Waals surface area (Å²) in [5.41, 5.74) is 0. The first-order valence-corrected chi connectivity index (χ1v) is 4.84. The SMILES string of the molecule is CCSc1nc(Cl)nc(NC)n1. The smallest absolute Gasteiger partial charge is 0.228 e. The van der Waals surface area contributed by atoms with Gasteiger partial charge >= 0.3 is 0 Å². The monoisotopic (exact) mass is 204 g/mol. The minimum Gasteiger partial charge on any atom is -0.357 e. The molecule has 4 nitrogen and oxygen atoms in total. The van der Waals surface area contributed by atoms with Crippen LogP contribution < -0.4 is 5.32 Å². The largest absolute Gasteiger partial charge is 0.357 e. The molecule has 0 bridgehead atoms. The molecule has 1 rings (SSSR count). The fourth-order valence-corrected chi connectivity index (χ4v) is 1.41. The van der Waals surface area contributed by atoms with Crippen LogP contribution in [-0.4, -0.2) is 27.8 Å². The molecule has 0 fully saturated rings. The van der Waals surface area contributed by atoms with E-state index in [0.29, 0.717) is 11.1 Å². The summed E-state index contributed by atoms with van der Waals surface area (Å²) in [6.45, 7) is 2.03. The van der Waals surface area contributed by atoms with E-state index in [2.05, 4.69) is 20.3 Å². The summed E-state index contributed by atoms with van der Waals surface area (Å²) >= 11 is 7.18. The molecule has 0 aliphatic carbocycles. The molecule has 6 heteroatoms. The van der Waals surface area contributed by atoms with Crippen LogP contribution in [-0.2, 0) is 0 Å². The number of rotatable bonds is 3. The van der Waals surface area contributed by atoms with E-state index in [0.717, 1.165) is 5.75 Å². The second-order valence-electron chi connectivity index (χ2n) is 1.89. The van der Waals surface area contributed by atoms with Crippen molar-refractivity contribution in [3.8, 4) is 0 Å². The molecule has 1 heterocycles. The molecule has 66 valence electrons. The maximum atomic E-state index is 5.65. The van der Waals surface area contributed by atoms with E-state index in [4.69, 9.17) is 11.6 Å². The zero-order valence-corrected chi connectivity index (χ0v) is 8.41. The maximum Gasteiger partial charge on any atom is 0.228 e. The van der Waals surface area contributed by atoms with E-state index in [1.165, 1.54) is 11.8 Å². The second kappa shape index (κ2) is 4.47. The number of anilines is 1. The molecule has 0 radical (unpaired) electrons. The first-order chi connectivity index (χ1) is 5.76. The predicted octanol–water partition coefficient (Wildman–Crippen LogP) is 1.68. The number of thioether (sulfide) groups is 1. The fourth-order valence-electron chi connectivity index (χ4n) is 0.637. The van der Waals surface area contributed by atoms with Gasteiger partial charge in [0.25, 0.3) is 0 Å². The number of hydrogen-bond donors (Lipinski definition) is 1. The van der Waals surface area contributed by atoms with E-state index < -0.39 is 0 Å². The van der Waals surface area contributed by atoms with Gasteiger partial charge in [0.2, 0.25) is 11.2 Å². The number of nitrogens with one attached hydrogen (secondary N) is 1. The molecule has 0 aliphatic rings. The maximum absolute atomic E-state index is 5.65. The van der Waals surface area contributed by atoms with Gasteiger partial charge in [-0.25, -0.2) is 0 Å². The Morgan fingerprint density at radius 3 is 2.75 bits per heavy atom. The summed E-state index contributed by atoms with van der Waals surface area (Å²) in [5.74, 6) is 1.43. The third-order valence-corrected chi connectivity index (χ3v) is 1.98. The zero-order valence-electron chi connectivity index (χ0n) is 6.83. The lowest BCUT2D eigenvalue weighted by Crippen LogP contribution is -1.99. The molecule has 0 unspecified atom stereocenters. The van der Waals surface area contributed by atoms with Gasteiger partial charge in [0.05, 0.1) is 0 Å². The number of aromatic nitrogens is 3.